The molecule has 3 rings (SSSR count). The summed E-state index contributed by atoms with van der Waals surface area (Å²) in [5, 5.41) is 5.64. The maximum absolute atomic E-state index is 12.7. The fourth-order valence-corrected chi connectivity index (χ4v) is 4.45. The Bertz CT molecular complexity index is 719. The molecule has 1 fully saturated rings. The molecule has 0 spiro atoms. The highest BCUT2D eigenvalue weighted by Gasteiger charge is 2.22. The number of hydrogen-bond acceptors (Lipinski definition) is 4. The maximum atomic E-state index is 12.7. The summed E-state index contributed by atoms with van der Waals surface area (Å²) in [6.45, 7) is 6.62. The number of anilines is 1. The van der Waals surface area contributed by atoms with Gasteiger partial charge in [-0.05, 0) is 55.3 Å². The summed E-state index contributed by atoms with van der Waals surface area (Å²) in [6, 6.07) is 8.04. The Morgan fingerprint density at radius 2 is 2.27 bits per heavy atom. The molecular weight excluding hydrogens is 368 g/mol. The lowest BCUT2D eigenvalue weighted by atomic mass is 10.1. The van der Waals surface area contributed by atoms with Gasteiger partial charge in [0.25, 0.3) is 0 Å². The van der Waals surface area contributed by atoms with Gasteiger partial charge in [-0.3, -0.25) is 9.69 Å². The molecule has 4 nitrogen and oxygen atoms in total. The molecule has 1 aromatic carbocycles. The third kappa shape index (κ3) is 5.30. The molecule has 0 saturated carbocycles. The van der Waals surface area contributed by atoms with Crippen LogP contribution in [0.4, 0.5) is 5.69 Å². The van der Waals surface area contributed by atoms with Gasteiger partial charge in [0.15, 0.2) is 0 Å². The zero-order valence-electron chi connectivity index (χ0n) is 15.3. The van der Waals surface area contributed by atoms with Crippen LogP contribution in [0.25, 0.3) is 0 Å². The average molecular weight is 393 g/mol. The van der Waals surface area contributed by atoms with Crippen molar-refractivity contribution in [1.29, 1.82) is 0 Å². The largest absolute Gasteiger partial charge is 0.377 e. The summed E-state index contributed by atoms with van der Waals surface area (Å²) in [6.07, 6.45) is 2.38. The highest BCUT2D eigenvalue weighted by molar-refractivity contribution is 7.09. The van der Waals surface area contributed by atoms with Crippen LogP contribution in [0.5, 0.6) is 0 Å². The van der Waals surface area contributed by atoms with Crippen molar-refractivity contribution < 1.29 is 9.53 Å². The molecule has 6 heteroatoms. The molecule has 2 heterocycles. The zero-order chi connectivity index (χ0) is 18.5. The van der Waals surface area contributed by atoms with E-state index >= 15 is 0 Å². The lowest BCUT2D eigenvalue weighted by Gasteiger charge is -2.24. The lowest BCUT2D eigenvalue weighted by Crippen LogP contribution is -2.37. The fourth-order valence-electron chi connectivity index (χ4n) is 3.34. The molecular formula is C20H25ClN2O2S. The first-order valence-corrected chi connectivity index (χ1v) is 10.2. The van der Waals surface area contributed by atoms with E-state index in [2.05, 4.69) is 21.7 Å². The minimum absolute atomic E-state index is 0.0478. The normalized spacial score (nSPS) is 17.0. The van der Waals surface area contributed by atoms with Crippen LogP contribution >= 0.6 is 22.9 Å². The van der Waals surface area contributed by atoms with Gasteiger partial charge in [0.2, 0.25) is 5.91 Å². The highest BCUT2D eigenvalue weighted by Crippen LogP contribution is 2.27. The van der Waals surface area contributed by atoms with Crippen molar-refractivity contribution in [2.45, 2.75) is 39.3 Å². The Kier molecular flexibility index (Phi) is 6.70. The average Bonchev–Trinajstić information content (AvgIpc) is 3.24. The molecule has 1 N–H and O–H groups in total. The van der Waals surface area contributed by atoms with Crippen molar-refractivity contribution in [3.8, 4) is 0 Å². The van der Waals surface area contributed by atoms with E-state index in [4.69, 9.17) is 16.3 Å². The minimum Gasteiger partial charge on any atom is -0.377 e. The van der Waals surface area contributed by atoms with Gasteiger partial charge in [0, 0.05) is 24.6 Å². The van der Waals surface area contributed by atoms with Crippen LogP contribution in [-0.4, -0.2) is 36.6 Å². The second kappa shape index (κ2) is 9.00. The van der Waals surface area contributed by atoms with Crippen molar-refractivity contribution >= 4 is 34.5 Å². The minimum atomic E-state index is -0.0478. The highest BCUT2D eigenvalue weighted by atomic mass is 35.5. The number of aryl methyl sites for hydroxylation is 2. The van der Waals surface area contributed by atoms with E-state index in [0.717, 1.165) is 43.7 Å². The van der Waals surface area contributed by atoms with Crippen LogP contribution in [0.3, 0.4) is 0 Å². The van der Waals surface area contributed by atoms with E-state index in [0.29, 0.717) is 17.3 Å². The van der Waals surface area contributed by atoms with Gasteiger partial charge in [-0.25, -0.2) is 0 Å². The van der Waals surface area contributed by atoms with Gasteiger partial charge >= 0.3 is 0 Å². The molecule has 1 aromatic heterocycles. The Labute approximate surface area is 164 Å². The van der Waals surface area contributed by atoms with Crippen LogP contribution in [0.15, 0.2) is 29.6 Å². The second-order valence-electron chi connectivity index (χ2n) is 6.87. The first kappa shape index (κ1) is 19.4. The summed E-state index contributed by atoms with van der Waals surface area (Å²) in [7, 11) is 0. The van der Waals surface area contributed by atoms with E-state index in [1.165, 1.54) is 4.88 Å². The van der Waals surface area contributed by atoms with Crippen molar-refractivity contribution in [3.05, 3.63) is 50.7 Å². The molecule has 1 amide bonds. The third-order valence-electron chi connectivity index (χ3n) is 4.51. The Balaban J connectivity index is 1.66. The molecule has 2 aromatic rings. The Morgan fingerprint density at radius 1 is 1.42 bits per heavy atom. The number of hydrogen-bond donors (Lipinski definition) is 1. The number of amides is 1. The zero-order valence-corrected chi connectivity index (χ0v) is 16.8. The van der Waals surface area contributed by atoms with Gasteiger partial charge in [-0.2, -0.15) is 0 Å². The molecule has 0 bridgehead atoms. The summed E-state index contributed by atoms with van der Waals surface area (Å²) in [5.74, 6) is -0.0478. The molecule has 140 valence electrons. The molecule has 1 aliphatic rings. The van der Waals surface area contributed by atoms with Crippen LogP contribution in [0, 0.1) is 13.8 Å². The number of nitrogens with one attached hydrogen (secondary N) is 1. The molecule has 1 unspecified atom stereocenters. The Hall–Kier alpha value is -1.40. The standard InChI is InChI=1S/C20H25ClN2O2S/c1-14-9-15(2)20(18(21)10-14)22-19(24)13-23(11-16-5-3-7-25-16)12-17-6-4-8-26-17/h4,6,8-10,16H,3,5,7,11-13H2,1-2H3,(H,22,24). The number of thiophene rings is 1. The number of nitrogens with zero attached hydrogens (tertiary/aromatic N) is 1. The van der Waals surface area contributed by atoms with Gasteiger partial charge in [-0.15, -0.1) is 11.3 Å². The topological polar surface area (TPSA) is 41.6 Å². The number of ether oxygens (including phenoxy) is 1. The second-order valence-corrected chi connectivity index (χ2v) is 8.31. The summed E-state index contributed by atoms with van der Waals surface area (Å²) < 4.78 is 5.76. The molecule has 1 saturated heterocycles. The van der Waals surface area contributed by atoms with Gasteiger partial charge < -0.3 is 10.1 Å². The van der Waals surface area contributed by atoms with Crippen LogP contribution < -0.4 is 5.32 Å². The smallest absolute Gasteiger partial charge is 0.238 e. The summed E-state index contributed by atoms with van der Waals surface area (Å²) in [4.78, 5) is 16.1. The molecule has 26 heavy (non-hydrogen) atoms. The lowest BCUT2D eigenvalue weighted by molar-refractivity contribution is -0.117. The number of carbonyl (C=O) groups excluding carboxylic acids is 1. The van der Waals surface area contributed by atoms with E-state index in [-0.39, 0.29) is 12.0 Å². The molecule has 0 radical (unpaired) electrons. The fraction of sp³-hybridized carbons (Fsp3) is 0.450. The van der Waals surface area contributed by atoms with E-state index < -0.39 is 0 Å². The first-order chi connectivity index (χ1) is 12.5. The van der Waals surface area contributed by atoms with Crippen molar-refractivity contribution in [2.75, 3.05) is 25.0 Å². The number of halogens is 1. The number of benzene rings is 1. The van der Waals surface area contributed by atoms with Crippen LogP contribution in [0.2, 0.25) is 5.02 Å². The van der Waals surface area contributed by atoms with E-state index in [1.54, 1.807) is 11.3 Å². The third-order valence-corrected chi connectivity index (χ3v) is 5.67. The SMILES string of the molecule is Cc1cc(C)c(NC(=O)CN(Cc2cccs2)CC2CCCO2)c(Cl)c1. The van der Waals surface area contributed by atoms with Gasteiger partial charge in [-0.1, -0.05) is 23.7 Å². The first-order valence-electron chi connectivity index (χ1n) is 8.94. The van der Waals surface area contributed by atoms with E-state index in [9.17, 15) is 4.79 Å². The van der Waals surface area contributed by atoms with E-state index in [1.807, 2.05) is 32.0 Å². The summed E-state index contributed by atoms with van der Waals surface area (Å²) in [5.41, 5.74) is 2.77. The van der Waals surface area contributed by atoms with Crippen LogP contribution in [-0.2, 0) is 16.1 Å². The molecule has 1 atom stereocenters. The molecule has 0 aliphatic carbocycles. The monoisotopic (exact) mass is 392 g/mol. The van der Waals surface area contributed by atoms with Gasteiger partial charge in [0.05, 0.1) is 23.4 Å². The quantitative estimate of drug-likeness (QED) is 0.746. The summed E-state index contributed by atoms with van der Waals surface area (Å²) >= 11 is 8.03. The number of rotatable bonds is 7. The Morgan fingerprint density at radius 3 is 2.92 bits per heavy atom. The predicted molar refractivity (Wildman–Crippen MR) is 108 cm³/mol. The van der Waals surface area contributed by atoms with Crippen molar-refractivity contribution in [1.82, 2.24) is 4.90 Å². The van der Waals surface area contributed by atoms with Gasteiger partial charge in [0.1, 0.15) is 0 Å². The van der Waals surface area contributed by atoms with Crippen LogP contribution in [0.1, 0.15) is 28.8 Å². The maximum Gasteiger partial charge on any atom is 0.238 e. The molecule has 1 aliphatic heterocycles. The van der Waals surface area contributed by atoms with Crippen molar-refractivity contribution in [3.63, 3.8) is 0 Å². The number of carbonyl (C=O) groups is 1. The van der Waals surface area contributed by atoms with Crippen molar-refractivity contribution in [2.24, 2.45) is 0 Å². The predicted octanol–water partition coefficient (Wildman–Crippen LogP) is 4.64.